The Morgan fingerprint density at radius 3 is 1.97 bits per heavy atom. The number of hydrogen-bond donors (Lipinski definition) is 2. The Morgan fingerprint density at radius 1 is 0.769 bits per heavy atom. The third kappa shape index (κ3) is 13.1. The third-order valence-electron chi connectivity index (χ3n) is 5.50. The van der Waals surface area contributed by atoms with E-state index < -0.39 is 0 Å². The van der Waals surface area contributed by atoms with Gasteiger partial charge in [-0.1, -0.05) is 19.1 Å². The first-order valence-corrected chi connectivity index (χ1v) is 13.5. The van der Waals surface area contributed by atoms with Gasteiger partial charge in [0.15, 0.2) is 0 Å². The molecule has 0 fully saturated rings. The molecular formula is C29H43N3O7. The number of nitrogens with one attached hydrogen (secondary N) is 1. The van der Waals surface area contributed by atoms with Gasteiger partial charge in [0.25, 0.3) is 11.8 Å². The molecule has 0 bridgehead atoms. The molecule has 0 aliphatic rings. The van der Waals surface area contributed by atoms with Gasteiger partial charge < -0.3 is 39.6 Å². The predicted molar refractivity (Wildman–Crippen MR) is 151 cm³/mol. The van der Waals surface area contributed by atoms with Crippen molar-refractivity contribution >= 4 is 17.5 Å². The van der Waals surface area contributed by atoms with Crippen LogP contribution in [0.1, 0.15) is 41.0 Å². The van der Waals surface area contributed by atoms with E-state index in [1.54, 1.807) is 53.4 Å². The smallest absolute Gasteiger partial charge is 0.255 e. The van der Waals surface area contributed by atoms with E-state index in [0.717, 1.165) is 6.42 Å². The van der Waals surface area contributed by atoms with Gasteiger partial charge in [-0.15, -0.1) is 0 Å². The van der Waals surface area contributed by atoms with Crippen LogP contribution in [0.4, 0.5) is 5.69 Å². The van der Waals surface area contributed by atoms with Gasteiger partial charge in [-0.25, -0.2) is 0 Å². The van der Waals surface area contributed by atoms with Gasteiger partial charge in [-0.05, 0) is 49.7 Å². The van der Waals surface area contributed by atoms with E-state index in [2.05, 4.69) is 5.32 Å². The maximum Gasteiger partial charge on any atom is 0.255 e. The molecule has 2 aromatic rings. The number of ether oxygens (including phenoxy) is 5. The SMILES string of the molecule is CCCN(CC)C(=O)c1cccc(NC(=O)c2cccc(OCCOCCOCCOCCOCCN)c2)c1. The van der Waals surface area contributed by atoms with Gasteiger partial charge in [0.1, 0.15) is 12.4 Å². The van der Waals surface area contributed by atoms with E-state index in [1.807, 2.05) is 13.8 Å². The summed E-state index contributed by atoms with van der Waals surface area (Å²) in [6.45, 7) is 10.1. The van der Waals surface area contributed by atoms with E-state index in [9.17, 15) is 9.59 Å². The van der Waals surface area contributed by atoms with E-state index >= 15 is 0 Å². The van der Waals surface area contributed by atoms with Crippen LogP contribution in [0.3, 0.4) is 0 Å². The van der Waals surface area contributed by atoms with Crippen LogP contribution in [0.2, 0.25) is 0 Å². The van der Waals surface area contributed by atoms with E-state index in [0.29, 0.717) is 102 Å². The summed E-state index contributed by atoms with van der Waals surface area (Å²) in [5.41, 5.74) is 6.89. The molecule has 3 N–H and O–H groups in total. The van der Waals surface area contributed by atoms with Crippen LogP contribution in [0, 0.1) is 0 Å². The van der Waals surface area contributed by atoms with Crippen molar-refractivity contribution in [2.45, 2.75) is 20.3 Å². The summed E-state index contributed by atoms with van der Waals surface area (Å²) in [5.74, 6) is 0.234. The van der Waals surface area contributed by atoms with Crippen LogP contribution < -0.4 is 15.8 Å². The van der Waals surface area contributed by atoms with Crippen molar-refractivity contribution in [1.29, 1.82) is 0 Å². The lowest BCUT2D eigenvalue weighted by Gasteiger charge is -2.20. The number of carbonyl (C=O) groups excluding carboxylic acids is 2. The largest absolute Gasteiger partial charge is 0.491 e. The van der Waals surface area contributed by atoms with Crippen molar-refractivity contribution in [2.75, 3.05) is 84.4 Å². The van der Waals surface area contributed by atoms with Crippen LogP contribution in [0.5, 0.6) is 5.75 Å². The van der Waals surface area contributed by atoms with E-state index in [-0.39, 0.29) is 11.8 Å². The molecule has 39 heavy (non-hydrogen) atoms. The maximum absolute atomic E-state index is 12.8. The molecule has 2 rings (SSSR count). The summed E-state index contributed by atoms with van der Waals surface area (Å²) in [6.07, 6.45) is 0.887. The lowest BCUT2D eigenvalue weighted by atomic mass is 10.1. The van der Waals surface area contributed by atoms with Crippen molar-refractivity contribution in [3.8, 4) is 5.75 Å². The highest BCUT2D eigenvalue weighted by Crippen LogP contribution is 2.17. The Balaban J connectivity index is 1.67. The van der Waals surface area contributed by atoms with Crippen molar-refractivity contribution in [1.82, 2.24) is 4.90 Å². The van der Waals surface area contributed by atoms with Crippen LogP contribution in [-0.4, -0.2) is 95.8 Å². The third-order valence-corrected chi connectivity index (χ3v) is 5.50. The zero-order valence-electron chi connectivity index (χ0n) is 23.2. The second kappa shape index (κ2) is 20.0. The molecule has 0 saturated carbocycles. The summed E-state index contributed by atoms with van der Waals surface area (Å²) in [5, 5.41) is 2.87. The normalized spacial score (nSPS) is 10.8. The molecule has 10 heteroatoms. The molecule has 2 amide bonds. The summed E-state index contributed by atoms with van der Waals surface area (Å²) in [7, 11) is 0. The Kier molecular flexibility index (Phi) is 16.5. The Bertz CT molecular complexity index is 973. The second-order valence-electron chi connectivity index (χ2n) is 8.53. The fraction of sp³-hybridized carbons (Fsp3) is 0.517. The highest BCUT2D eigenvalue weighted by atomic mass is 16.6. The Morgan fingerprint density at radius 2 is 1.36 bits per heavy atom. The minimum atomic E-state index is -0.286. The molecule has 0 heterocycles. The van der Waals surface area contributed by atoms with Gasteiger partial charge in [0.2, 0.25) is 0 Å². The highest BCUT2D eigenvalue weighted by molar-refractivity contribution is 6.05. The summed E-state index contributed by atoms with van der Waals surface area (Å²) in [6, 6.07) is 13.9. The molecule has 0 spiro atoms. The fourth-order valence-corrected chi connectivity index (χ4v) is 3.58. The average Bonchev–Trinajstić information content (AvgIpc) is 2.96. The molecule has 216 valence electrons. The lowest BCUT2D eigenvalue weighted by Crippen LogP contribution is -2.31. The zero-order chi connectivity index (χ0) is 28.1. The van der Waals surface area contributed by atoms with Gasteiger partial charge in [-0.2, -0.15) is 0 Å². The molecule has 0 aromatic heterocycles. The van der Waals surface area contributed by atoms with Gasteiger partial charge in [0.05, 0.1) is 52.9 Å². The van der Waals surface area contributed by atoms with Crippen LogP contribution >= 0.6 is 0 Å². The quantitative estimate of drug-likeness (QED) is 0.229. The topological polar surface area (TPSA) is 122 Å². The summed E-state index contributed by atoms with van der Waals surface area (Å²) < 4.78 is 27.3. The average molecular weight is 546 g/mol. The number of nitrogens with zero attached hydrogens (tertiary/aromatic N) is 1. The zero-order valence-corrected chi connectivity index (χ0v) is 23.2. The standard InChI is InChI=1S/C29H43N3O7/c1-3-12-32(4-2)29(34)25-8-5-9-26(22-25)31-28(33)24-7-6-10-27(23-24)39-21-20-38-19-18-37-17-16-36-15-14-35-13-11-30/h5-10,22-23H,3-4,11-21,30H2,1-2H3,(H,31,33). The van der Waals surface area contributed by atoms with Crippen LogP contribution in [-0.2, 0) is 18.9 Å². The molecule has 0 aliphatic heterocycles. The monoisotopic (exact) mass is 545 g/mol. The van der Waals surface area contributed by atoms with Crippen molar-refractivity contribution < 1.29 is 33.3 Å². The Hall–Kier alpha value is -3.02. The molecule has 10 nitrogen and oxygen atoms in total. The number of hydrogen-bond acceptors (Lipinski definition) is 8. The molecule has 0 aliphatic carbocycles. The molecule has 0 atom stereocenters. The number of benzene rings is 2. The number of carbonyl (C=O) groups is 2. The first-order valence-electron chi connectivity index (χ1n) is 13.5. The number of rotatable bonds is 21. The van der Waals surface area contributed by atoms with Crippen LogP contribution in [0.15, 0.2) is 48.5 Å². The molecule has 2 aromatic carbocycles. The number of nitrogens with two attached hydrogens (primary N) is 1. The van der Waals surface area contributed by atoms with Gasteiger partial charge in [-0.3, -0.25) is 9.59 Å². The summed E-state index contributed by atoms with van der Waals surface area (Å²) in [4.78, 5) is 27.4. The van der Waals surface area contributed by atoms with E-state index in [4.69, 9.17) is 29.4 Å². The minimum absolute atomic E-state index is 0.0473. The second-order valence-corrected chi connectivity index (χ2v) is 8.53. The van der Waals surface area contributed by atoms with E-state index in [1.165, 1.54) is 0 Å². The predicted octanol–water partition coefficient (Wildman–Crippen LogP) is 3.21. The van der Waals surface area contributed by atoms with Crippen molar-refractivity contribution in [3.05, 3.63) is 59.7 Å². The lowest BCUT2D eigenvalue weighted by molar-refractivity contribution is -0.00387. The first kappa shape index (κ1) is 32.2. The molecular weight excluding hydrogens is 502 g/mol. The van der Waals surface area contributed by atoms with Gasteiger partial charge >= 0.3 is 0 Å². The van der Waals surface area contributed by atoms with Gasteiger partial charge in [0, 0.05) is 36.4 Å². The number of amides is 2. The fourth-order valence-electron chi connectivity index (χ4n) is 3.58. The molecule has 0 radical (unpaired) electrons. The summed E-state index contributed by atoms with van der Waals surface area (Å²) >= 11 is 0. The minimum Gasteiger partial charge on any atom is -0.491 e. The van der Waals surface area contributed by atoms with Crippen molar-refractivity contribution in [3.63, 3.8) is 0 Å². The Labute approximate surface area is 231 Å². The van der Waals surface area contributed by atoms with Crippen molar-refractivity contribution in [2.24, 2.45) is 5.73 Å². The molecule has 0 unspecified atom stereocenters. The highest BCUT2D eigenvalue weighted by Gasteiger charge is 2.14. The number of anilines is 1. The van der Waals surface area contributed by atoms with Crippen LogP contribution in [0.25, 0.3) is 0 Å². The molecule has 0 saturated heterocycles. The first-order chi connectivity index (χ1) is 19.1. The maximum atomic E-state index is 12.8.